The summed E-state index contributed by atoms with van der Waals surface area (Å²) in [7, 11) is 0. The smallest absolute Gasteiger partial charge is 0.109 e. The molecule has 4 heteroatoms. The minimum absolute atomic E-state index is 0.752. The monoisotopic (exact) mass is 299 g/mol. The Labute approximate surface area is 129 Å². The van der Waals surface area contributed by atoms with Crippen LogP contribution in [0.4, 0.5) is 5.69 Å². The first-order chi connectivity index (χ1) is 10.3. The third-order valence-corrected chi connectivity index (χ3v) is 3.77. The number of nitrogens with one attached hydrogen (secondary N) is 1. The molecule has 21 heavy (non-hydrogen) atoms. The summed E-state index contributed by atoms with van der Waals surface area (Å²) in [6.45, 7) is 3.87. The highest BCUT2D eigenvalue weighted by Crippen LogP contribution is 2.17. The number of anilines is 1. The van der Waals surface area contributed by atoms with Gasteiger partial charge in [-0.25, -0.2) is 4.98 Å². The number of nitrogens with zero attached hydrogens (tertiary/aromatic N) is 2. The molecular formula is C17H18ClN3. The van der Waals surface area contributed by atoms with Gasteiger partial charge in [0.2, 0.25) is 0 Å². The summed E-state index contributed by atoms with van der Waals surface area (Å²) in [5.74, 6) is 1.13. The van der Waals surface area contributed by atoms with Gasteiger partial charge in [-0.3, -0.25) is 0 Å². The lowest BCUT2D eigenvalue weighted by atomic mass is 10.3. The summed E-state index contributed by atoms with van der Waals surface area (Å²) >= 11 is 5.99. The molecule has 0 amide bonds. The number of hydrogen-bond donors (Lipinski definition) is 1. The molecule has 3 nitrogen and oxygen atoms in total. The van der Waals surface area contributed by atoms with E-state index < -0.39 is 0 Å². The molecule has 0 atom stereocenters. The number of aryl methyl sites for hydroxylation is 1. The normalized spacial score (nSPS) is 11.0. The highest BCUT2D eigenvalue weighted by Gasteiger charge is 2.08. The molecule has 0 saturated heterocycles. The van der Waals surface area contributed by atoms with Crippen LogP contribution in [0.15, 0.2) is 48.5 Å². The molecule has 3 aromatic rings. The first kappa shape index (κ1) is 14.0. The van der Waals surface area contributed by atoms with Crippen LogP contribution in [0, 0.1) is 0 Å². The summed E-state index contributed by atoms with van der Waals surface area (Å²) in [5, 5.41) is 4.16. The van der Waals surface area contributed by atoms with Crippen LogP contribution in [0.2, 0.25) is 5.02 Å². The second kappa shape index (κ2) is 6.19. The lowest BCUT2D eigenvalue weighted by Crippen LogP contribution is -2.12. The molecule has 0 aliphatic carbocycles. The van der Waals surface area contributed by atoms with Crippen molar-refractivity contribution in [2.45, 2.75) is 19.9 Å². The summed E-state index contributed by atoms with van der Waals surface area (Å²) in [5.41, 5.74) is 3.31. The van der Waals surface area contributed by atoms with Gasteiger partial charge in [-0.2, -0.15) is 0 Å². The Morgan fingerprint density at radius 3 is 2.81 bits per heavy atom. The fourth-order valence-electron chi connectivity index (χ4n) is 2.56. The van der Waals surface area contributed by atoms with E-state index in [4.69, 9.17) is 11.6 Å². The van der Waals surface area contributed by atoms with Gasteiger partial charge in [-0.05, 0) is 30.3 Å². The molecule has 1 aromatic heterocycles. The van der Waals surface area contributed by atoms with Gasteiger partial charge in [0, 0.05) is 30.2 Å². The van der Waals surface area contributed by atoms with Crippen molar-refractivity contribution in [3.8, 4) is 0 Å². The van der Waals surface area contributed by atoms with Gasteiger partial charge in [0.15, 0.2) is 0 Å². The molecule has 0 unspecified atom stereocenters. The van der Waals surface area contributed by atoms with Crippen molar-refractivity contribution >= 4 is 28.3 Å². The Hall–Kier alpha value is -2.00. The van der Waals surface area contributed by atoms with Crippen LogP contribution in [-0.4, -0.2) is 16.1 Å². The summed E-state index contributed by atoms with van der Waals surface area (Å²) in [4.78, 5) is 4.68. The molecule has 0 radical (unpaired) electrons. The van der Waals surface area contributed by atoms with Crippen molar-refractivity contribution in [1.82, 2.24) is 9.55 Å². The number of halogens is 1. The summed E-state index contributed by atoms with van der Waals surface area (Å²) < 4.78 is 2.28. The van der Waals surface area contributed by atoms with E-state index in [0.717, 1.165) is 41.6 Å². The van der Waals surface area contributed by atoms with Crippen LogP contribution in [-0.2, 0) is 13.0 Å². The van der Waals surface area contributed by atoms with E-state index in [-0.39, 0.29) is 0 Å². The van der Waals surface area contributed by atoms with Crippen molar-refractivity contribution in [3.63, 3.8) is 0 Å². The maximum absolute atomic E-state index is 5.99. The molecule has 0 spiro atoms. The molecule has 108 valence electrons. The second-order valence-electron chi connectivity index (χ2n) is 4.96. The lowest BCUT2D eigenvalue weighted by Gasteiger charge is -2.10. The molecular weight excluding hydrogens is 282 g/mol. The third kappa shape index (κ3) is 3.03. The van der Waals surface area contributed by atoms with Gasteiger partial charge in [-0.1, -0.05) is 36.7 Å². The maximum Gasteiger partial charge on any atom is 0.109 e. The van der Waals surface area contributed by atoms with Crippen molar-refractivity contribution in [2.75, 3.05) is 11.9 Å². The van der Waals surface area contributed by atoms with E-state index in [1.165, 1.54) is 5.52 Å². The standard InChI is InChI=1S/C17H18ClN3/c1-2-17-20-15-8-3-4-9-16(15)21(17)11-10-19-14-7-5-6-13(18)12-14/h3-9,12,19H,2,10-11H2,1H3. The zero-order chi connectivity index (χ0) is 14.7. The van der Waals surface area contributed by atoms with Gasteiger partial charge >= 0.3 is 0 Å². The average Bonchev–Trinajstić information content (AvgIpc) is 2.86. The number of aromatic nitrogens is 2. The molecule has 0 saturated carbocycles. The minimum atomic E-state index is 0.752. The Morgan fingerprint density at radius 2 is 2.00 bits per heavy atom. The summed E-state index contributed by atoms with van der Waals surface area (Å²) in [6, 6.07) is 16.1. The first-order valence-corrected chi connectivity index (χ1v) is 7.59. The van der Waals surface area contributed by atoms with Crippen molar-refractivity contribution in [2.24, 2.45) is 0 Å². The number of fused-ring (bicyclic) bond motifs is 1. The van der Waals surface area contributed by atoms with E-state index in [2.05, 4.69) is 40.0 Å². The zero-order valence-corrected chi connectivity index (χ0v) is 12.8. The molecule has 3 rings (SSSR count). The topological polar surface area (TPSA) is 29.9 Å². The van der Waals surface area contributed by atoms with Crippen molar-refractivity contribution in [1.29, 1.82) is 0 Å². The van der Waals surface area contributed by atoms with Crippen LogP contribution < -0.4 is 5.32 Å². The minimum Gasteiger partial charge on any atom is -0.383 e. The van der Waals surface area contributed by atoms with E-state index in [1.807, 2.05) is 30.3 Å². The van der Waals surface area contributed by atoms with Crippen molar-refractivity contribution < 1.29 is 0 Å². The maximum atomic E-state index is 5.99. The van der Waals surface area contributed by atoms with Crippen molar-refractivity contribution in [3.05, 3.63) is 59.4 Å². The highest BCUT2D eigenvalue weighted by atomic mass is 35.5. The van der Waals surface area contributed by atoms with Crippen LogP contribution in [0.3, 0.4) is 0 Å². The predicted octanol–water partition coefficient (Wildman–Crippen LogP) is 4.36. The van der Waals surface area contributed by atoms with Gasteiger partial charge in [0.1, 0.15) is 5.82 Å². The lowest BCUT2D eigenvalue weighted by molar-refractivity contribution is 0.700. The molecule has 2 aromatic carbocycles. The first-order valence-electron chi connectivity index (χ1n) is 7.21. The molecule has 1 N–H and O–H groups in total. The van der Waals surface area contributed by atoms with Crippen LogP contribution >= 0.6 is 11.6 Å². The Bertz CT molecular complexity index is 749. The van der Waals surface area contributed by atoms with Crippen LogP contribution in [0.5, 0.6) is 0 Å². The fourth-order valence-corrected chi connectivity index (χ4v) is 2.75. The molecule has 0 aliphatic rings. The molecule has 1 heterocycles. The van der Waals surface area contributed by atoms with E-state index in [9.17, 15) is 0 Å². The number of benzene rings is 2. The third-order valence-electron chi connectivity index (χ3n) is 3.54. The Balaban J connectivity index is 1.75. The molecule has 0 fully saturated rings. The second-order valence-corrected chi connectivity index (χ2v) is 5.40. The number of imidazole rings is 1. The molecule has 0 bridgehead atoms. The van der Waals surface area contributed by atoms with Gasteiger partial charge in [-0.15, -0.1) is 0 Å². The fraction of sp³-hybridized carbons (Fsp3) is 0.235. The number of rotatable bonds is 5. The highest BCUT2D eigenvalue weighted by molar-refractivity contribution is 6.30. The Kier molecular flexibility index (Phi) is 4.11. The largest absolute Gasteiger partial charge is 0.383 e. The van der Waals surface area contributed by atoms with E-state index >= 15 is 0 Å². The van der Waals surface area contributed by atoms with Gasteiger partial charge < -0.3 is 9.88 Å². The number of para-hydroxylation sites is 2. The number of hydrogen-bond acceptors (Lipinski definition) is 2. The van der Waals surface area contributed by atoms with Gasteiger partial charge in [0.25, 0.3) is 0 Å². The predicted molar refractivity (Wildman–Crippen MR) is 89.1 cm³/mol. The summed E-state index contributed by atoms with van der Waals surface area (Å²) in [6.07, 6.45) is 0.936. The van der Waals surface area contributed by atoms with E-state index in [0.29, 0.717) is 0 Å². The quantitative estimate of drug-likeness (QED) is 0.758. The van der Waals surface area contributed by atoms with E-state index in [1.54, 1.807) is 0 Å². The average molecular weight is 300 g/mol. The van der Waals surface area contributed by atoms with Crippen LogP contribution in [0.1, 0.15) is 12.7 Å². The zero-order valence-electron chi connectivity index (χ0n) is 12.0. The van der Waals surface area contributed by atoms with Crippen LogP contribution in [0.25, 0.3) is 11.0 Å². The molecule has 0 aliphatic heterocycles. The van der Waals surface area contributed by atoms with Gasteiger partial charge in [0.05, 0.1) is 11.0 Å². The Morgan fingerprint density at radius 1 is 1.14 bits per heavy atom. The SMILES string of the molecule is CCc1nc2ccccc2n1CCNc1cccc(Cl)c1.